The molecule has 0 radical (unpaired) electrons. The van der Waals surface area contributed by atoms with Crippen LogP contribution in [0.15, 0.2) is 41.3 Å². The summed E-state index contributed by atoms with van der Waals surface area (Å²) < 4.78 is 1.07. The second-order valence-electron chi connectivity index (χ2n) is 2.46. The van der Waals surface area contributed by atoms with Crippen LogP contribution < -0.4 is 0 Å². The molecule has 12 heavy (non-hydrogen) atoms. The second kappa shape index (κ2) is 3.11. The molecular weight excluding hydrogens is 216 g/mol. The average Bonchev–Trinajstić information content (AvgIpc) is 2.56. The predicted octanol–water partition coefficient (Wildman–Crippen LogP) is 2.84. The van der Waals surface area contributed by atoms with Crippen molar-refractivity contribution in [1.29, 1.82) is 0 Å². The van der Waals surface area contributed by atoms with Crippen LogP contribution in [-0.4, -0.2) is 9.97 Å². The molecule has 0 saturated heterocycles. The summed E-state index contributed by atoms with van der Waals surface area (Å²) in [5.41, 5.74) is 2.09. The van der Waals surface area contributed by atoms with Gasteiger partial charge in [0.1, 0.15) is 0 Å². The smallest absolute Gasteiger partial charge is 0.0927 e. The number of halogens is 1. The van der Waals surface area contributed by atoms with Crippen molar-refractivity contribution < 1.29 is 0 Å². The first-order valence-corrected chi connectivity index (χ1v) is 4.40. The van der Waals surface area contributed by atoms with Gasteiger partial charge in [-0.25, -0.2) is 4.98 Å². The van der Waals surface area contributed by atoms with Crippen LogP contribution in [0.3, 0.4) is 0 Å². The van der Waals surface area contributed by atoms with Gasteiger partial charge in [0.15, 0.2) is 0 Å². The Morgan fingerprint density at radius 1 is 1.33 bits per heavy atom. The second-order valence-corrected chi connectivity index (χ2v) is 3.38. The van der Waals surface area contributed by atoms with E-state index in [9.17, 15) is 0 Å². The van der Waals surface area contributed by atoms with Crippen LogP contribution in [0.25, 0.3) is 11.3 Å². The van der Waals surface area contributed by atoms with Gasteiger partial charge in [-0.05, 0) is 12.1 Å². The van der Waals surface area contributed by atoms with Crippen molar-refractivity contribution in [1.82, 2.24) is 9.97 Å². The molecule has 0 amide bonds. The maximum absolute atomic E-state index is 4.15. The Balaban J connectivity index is 2.48. The van der Waals surface area contributed by atoms with E-state index >= 15 is 0 Å². The summed E-state index contributed by atoms with van der Waals surface area (Å²) in [5, 5.41) is 0. The number of hydrogen-bond donors (Lipinski definition) is 1. The van der Waals surface area contributed by atoms with Crippen LogP contribution >= 0.6 is 15.9 Å². The standard InChI is InChI=1S/C9H7BrN2/c10-8-3-1-2-7(4-8)9-5-11-6-12-9/h1-6H,(H,11,12). The number of aromatic nitrogens is 2. The minimum absolute atomic E-state index is 0.969. The number of aromatic amines is 1. The maximum atomic E-state index is 4.15. The molecule has 2 rings (SSSR count). The number of H-pyrrole nitrogens is 1. The Kier molecular flexibility index (Phi) is 1.96. The van der Waals surface area contributed by atoms with Gasteiger partial charge in [-0.2, -0.15) is 0 Å². The molecule has 2 aromatic rings. The molecule has 0 atom stereocenters. The van der Waals surface area contributed by atoms with E-state index in [0.29, 0.717) is 0 Å². The van der Waals surface area contributed by atoms with Crippen molar-refractivity contribution in [2.75, 3.05) is 0 Å². The first-order valence-electron chi connectivity index (χ1n) is 3.61. The first-order chi connectivity index (χ1) is 5.86. The summed E-state index contributed by atoms with van der Waals surface area (Å²) in [6.45, 7) is 0. The molecule has 1 aromatic heterocycles. The Labute approximate surface area is 78.8 Å². The lowest BCUT2D eigenvalue weighted by molar-refractivity contribution is 1.31. The van der Waals surface area contributed by atoms with Crippen LogP contribution in [-0.2, 0) is 0 Å². The zero-order valence-corrected chi connectivity index (χ0v) is 7.88. The van der Waals surface area contributed by atoms with Crippen molar-refractivity contribution in [2.45, 2.75) is 0 Å². The fourth-order valence-electron chi connectivity index (χ4n) is 1.07. The molecule has 0 aliphatic rings. The first kappa shape index (κ1) is 7.55. The molecule has 0 spiro atoms. The monoisotopic (exact) mass is 222 g/mol. The van der Waals surface area contributed by atoms with Crippen molar-refractivity contribution in [2.24, 2.45) is 0 Å². The van der Waals surface area contributed by atoms with Gasteiger partial charge < -0.3 is 4.98 Å². The highest BCUT2D eigenvalue weighted by Crippen LogP contribution is 2.19. The van der Waals surface area contributed by atoms with E-state index in [1.54, 1.807) is 6.33 Å². The molecule has 0 aliphatic carbocycles. The zero-order valence-electron chi connectivity index (χ0n) is 6.29. The Morgan fingerprint density at radius 2 is 2.25 bits per heavy atom. The van der Waals surface area contributed by atoms with Crippen molar-refractivity contribution in [3.8, 4) is 11.3 Å². The molecule has 1 aromatic carbocycles. The minimum atomic E-state index is 0.969. The van der Waals surface area contributed by atoms with E-state index in [4.69, 9.17) is 0 Å². The van der Waals surface area contributed by atoms with E-state index in [-0.39, 0.29) is 0 Å². The summed E-state index contributed by atoms with van der Waals surface area (Å²) in [7, 11) is 0. The third kappa shape index (κ3) is 1.41. The quantitative estimate of drug-likeness (QED) is 0.791. The van der Waals surface area contributed by atoms with E-state index in [0.717, 1.165) is 15.7 Å². The Hall–Kier alpha value is -1.09. The normalized spacial score (nSPS) is 10.1. The molecule has 0 aliphatic heterocycles. The van der Waals surface area contributed by atoms with Crippen LogP contribution in [0.1, 0.15) is 0 Å². The highest BCUT2D eigenvalue weighted by Gasteiger charge is 1.98. The predicted molar refractivity (Wildman–Crippen MR) is 51.7 cm³/mol. The van der Waals surface area contributed by atoms with Gasteiger partial charge in [-0.3, -0.25) is 0 Å². The van der Waals surface area contributed by atoms with Crippen molar-refractivity contribution in [3.05, 3.63) is 41.3 Å². The van der Waals surface area contributed by atoms with Gasteiger partial charge in [0.05, 0.1) is 12.0 Å². The lowest BCUT2D eigenvalue weighted by atomic mass is 10.2. The molecular formula is C9H7BrN2. The van der Waals surface area contributed by atoms with Gasteiger partial charge in [-0.1, -0.05) is 28.1 Å². The van der Waals surface area contributed by atoms with Crippen LogP contribution in [0.2, 0.25) is 0 Å². The molecule has 0 fully saturated rings. The van der Waals surface area contributed by atoms with Crippen LogP contribution in [0.4, 0.5) is 0 Å². The SMILES string of the molecule is Brc1cccc(-c2c[nH]cn2)c1. The number of imidazole rings is 1. The lowest BCUT2D eigenvalue weighted by Crippen LogP contribution is -1.75. The third-order valence-electron chi connectivity index (χ3n) is 1.62. The summed E-state index contributed by atoms with van der Waals surface area (Å²) in [5.74, 6) is 0. The topological polar surface area (TPSA) is 28.7 Å². The Bertz CT molecular complexity index is 368. The molecule has 1 heterocycles. The molecule has 2 nitrogen and oxygen atoms in total. The van der Waals surface area contributed by atoms with E-state index in [1.165, 1.54) is 0 Å². The lowest BCUT2D eigenvalue weighted by Gasteiger charge is -1.95. The molecule has 0 unspecified atom stereocenters. The molecule has 3 heteroatoms. The largest absolute Gasteiger partial charge is 0.351 e. The summed E-state index contributed by atoms with van der Waals surface area (Å²) in [6, 6.07) is 8.06. The zero-order chi connectivity index (χ0) is 8.39. The van der Waals surface area contributed by atoms with Crippen LogP contribution in [0.5, 0.6) is 0 Å². The number of hydrogen-bond acceptors (Lipinski definition) is 1. The highest BCUT2D eigenvalue weighted by molar-refractivity contribution is 9.10. The fraction of sp³-hybridized carbons (Fsp3) is 0. The average molecular weight is 223 g/mol. The van der Waals surface area contributed by atoms with E-state index < -0.39 is 0 Å². The van der Waals surface area contributed by atoms with E-state index in [1.807, 2.05) is 30.5 Å². The molecule has 0 bridgehead atoms. The van der Waals surface area contributed by atoms with E-state index in [2.05, 4.69) is 25.9 Å². The summed E-state index contributed by atoms with van der Waals surface area (Å²) >= 11 is 3.41. The number of benzene rings is 1. The van der Waals surface area contributed by atoms with Gasteiger partial charge in [0.25, 0.3) is 0 Å². The molecule has 1 N–H and O–H groups in total. The third-order valence-corrected chi connectivity index (χ3v) is 2.11. The summed E-state index contributed by atoms with van der Waals surface area (Å²) in [6.07, 6.45) is 3.55. The molecule has 60 valence electrons. The van der Waals surface area contributed by atoms with Crippen molar-refractivity contribution in [3.63, 3.8) is 0 Å². The molecule has 0 saturated carbocycles. The van der Waals surface area contributed by atoms with Gasteiger partial charge >= 0.3 is 0 Å². The number of nitrogens with one attached hydrogen (secondary N) is 1. The number of nitrogens with zero attached hydrogens (tertiary/aromatic N) is 1. The highest BCUT2D eigenvalue weighted by atomic mass is 79.9. The van der Waals surface area contributed by atoms with Gasteiger partial charge in [0.2, 0.25) is 0 Å². The van der Waals surface area contributed by atoms with Crippen LogP contribution in [0, 0.1) is 0 Å². The van der Waals surface area contributed by atoms with Crippen molar-refractivity contribution >= 4 is 15.9 Å². The Morgan fingerprint density at radius 3 is 2.92 bits per heavy atom. The van der Waals surface area contributed by atoms with Gasteiger partial charge in [0, 0.05) is 16.2 Å². The maximum Gasteiger partial charge on any atom is 0.0927 e. The van der Waals surface area contributed by atoms with Gasteiger partial charge in [-0.15, -0.1) is 0 Å². The number of rotatable bonds is 1. The summed E-state index contributed by atoms with van der Waals surface area (Å²) in [4.78, 5) is 7.07. The minimum Gasteiger partial charge on any atom is -0.351 e. The fourth-order valence-corrected chi connectivity index (χ4v) is 1.47.